The second kappa shape index (κ2) is 9.40. The number of aromatic nitrogens is 1. The third kappa shape index (κ3) is 4.32. The molecule has 0 amide bonds. The van der Waals surface area contributed by atoms with Crippen LogP contribution in [0.5, 0.6) is 0 Å². The van der Waals surface area contributed by atoms with Crippen molar-refractivity contribution in [3.8, 4) is 16.8 Å². The number of hydrogen-bond donors (Lipinski definition) is 3. The molecular formula is C26H30N4O2. The van der Waals surface area contributed by atoms with Crippen LogP contribution in [0, 0.1) is 12.3 Å². The summed E-state index contributed by atoms with van der Waals surface area (Å²) in [5.41, 5.74) is 5.25. The van der Waals surface area contributed by atoms with E-state index >= 15 is 0 Å². The minimum Gasteiger partial charge on any atom is -0.381 e. The molecule has 0 atom stereocenters. The van der Waals surface area contributed by atoms with Crippen molar-refractivity contribution in [3.63, 3.8) is 0 Å². The smallest absolute Gasteiger partial charge is 0.160 e. The summed E-state index contributed by atoms with van der Waals surface area (Å²) in [6.07, 6.45) is 3.77. The van der Waals surface area contributed by atoms with Gasteiger partial charge in [-0.2, -0.15) is 0 Å². The average molecular weight is 431 g/mol. The van der Waals surface area contributed by atoms with E-state index in [-0.39, 0.29) is 11.8 Å². The summed E-state index contributed by atoms with van der Waals surface area (Å²) in [5.74, 6) is 1.17. The molecule has 0 bridgehead atoms. The molecule has 0 unspecified atom stereocenters. The summed E-state index contributed by atoms with van der Waals surface area (Å²) in [6, 6.07) is 16.1. The summed E-state index contributed by atoms with van der Waals surface area (Å²) in [4.78, 5) is 12.4. The molecule has 166 valence electrons. The van der Waals surface area contributed by atoms with Crippen LogP contribution in [0.1, 0.15) is 41.3 Å². The Balaban J connectivity index is 1.89. The van der Waals surface area contributed by atoms with Gasteiger partial charge in [0.15, 0.2) is 5.78 Å². The normalized spacial score (nSPS) is 14.2. The fourth-order valence-corrected chi connectivity index (χ4v) is 4.33. The van der Waals surface area contributed by atoms with Gasteiger partial charge in [-0.25, -0.2) is 0 Å². The highest BCUT2D eigenvalue weighted by Crippen LogP contribution is 2.36. The van der Waals surface area contributed by atoms with Crippen molar-refractivity contribution in [2.75, 3.05) is 25.6 Å². The van der Waals surface area contributed by atoms with E-state index in [1.807, 2.05) is 49.6 Å². The quantitative estimate of drug-likeness (QED) is 0.298. The zero-order valence-electron chi connectivity index (χ0n) is 18.9. The lowest BCUT2D eigenvalue weighted by Gasteiger charge is -2.25. The van der Waals surface area contributed by atoms with Gasteiger partial charge in [0, 0.05) is 49.3 Å². The Morgan fingerprint density at radius 3 is 2.53 bits per heavy atom. The number of ether oxygens (including phenoxy) is 1. The van der Waals surface area contributed by atoms with Gasteiger partial charge < -0.3 is 19.9 Å². The lowest BCUT2D eigenvalue weighted by molar-refractivity contribution is 0.0824. The van der Waals surface area contributed by atoms with Crippen molar-refractivity contribution < 1.29 is 9.53 Å². The maximum atomic E-state index is 12.4. The van der Waals surface area contributed by atoms with Crippen LogP contribution in [0.2, 0.25) is 0 Å². The van der Waals surface area contributed by atoms with Crippen molar-refractivity contribution in [2.24, 2.45) is 0 Å². The van der Waals surface area contributed by atoms with Crippen LogP contribution in [-0.2, 0) is 4.74 Å². The van der Waals surface area contributed by atoms with Gasteiger partial charge in [-0.3, -0.25) is 10.2 Å². The Hall–Kier alpha value is -3.38. The van der Waals surface area contributed by atoms with E-state index in [1.165, 1.54) is 0 Å². The molecule has 3 N–H and O–H groups in total. The molecule has 6 nitrogen and oxygen atoms in total. The van der Waals surface area contributed by atoms with Gasteiger partial charge >= 0.3 is 0 Å². The summed E-state index contributed by atoms with van der Waals surface area (Å²) in [7, 11) is 1.87. The molecule has 2 heterocycles. The molecular weight excluding hydrogens is 400 g/mol. The number of Topliss-reactive ketones (excluding diaryl/α,β-unsaturated/α-hetero) is 1. The highest BCUT2D eigenvalue weighted by Gasteiger charge is 2.25. The lowest BCUT2D eigenvalue weighted by Crippen LogP contribution is -2.39. The number of nitrogens with zero attached hydrogens (tertiary/aromatic N) is 1. The van der Waals surface area contributed by atoms with Crippen LogP contribution >= 0.6 is 0 Å². The lowest BCUT2D eigenvalue weighted by atomic mass is 9.95. The number of benzene rings is 2. The molecule has 2 aromatic carbocycles. The van der Waals surface area contributed by atoms with E-state index in [4.69, 9.17) is 10.1 Å². The predicted octanol–water partition coefficient (Wildman–Crippen LogP) is 4.79. The van der Waals surface area contributed by atoms with E-state index < -0.39 is 0 Å². The SMILES string of the molecule is CNc1c(C(=N)NC2CCOCC2)c(-c2ccccc2C(C)=O)cn1-c1cccc(C)c1. The molecule has 1 aliphatic rings. The van der Waals surface area contributed by atoms with Gasteiger partial charge in [0.25, 0.3) is 0 Å². The topological polar surface area (TPSA) is 79.1 Å². The molecule has 1 aromatic heterocycles. The van der Waals surface area contributed by atoms with Crippen LogP contribution in [0.15, 0.2) is 54.7 Å². The number of nitrogens with one attached hydrogen (secondary N) is 3. The Bertz CT molecular complexity index is 1140. The molecule has 0 saturated carbocycles. The van der Waals surface area contributed by atoms with Crippen molar-refractivity contribution >= 4 is 17.4 Å². The number of anilines is 1. The highest BCUT2D eigenvalue weighted by atomic mass is 16.5. The molecule has 0 aliphatic carbocycles. The second-order valence-electron chi connectivity index (χ2n) is 8.23. The van der Waals surface area contributed by atoms with E-state index in [9.17, 15) is 4.79 Å². The first-order valence-electron chi connectivity index (χ1n) is 11.0. The minimum absolute atomic E-state index is 0.00443. The van der Waals surface area contributed by atoms with Gasteiger partial charge in [-0.05, 0) is 49.9 Å². The van der Waals surface area contributed by atoms with Crippen LogP contribution < -0.4 is 10.6 Å². The first kappa shape index (κ1) is 21.8. The molecule has 0 radical (unpaired) electrons. The van der Waals surface area contributed by atoms with Crippen molar-refractivity contribution in [1.82, 2.24) is 9.88 Å². The average Bonchev–Trinajstić information content (AvgIpc) is 3.19. The maximum absolute atomic E-state index is 12.4. The number of ketones is 1. The van der Waals surface area contributed by atoms with Crippen LogP contribution in [0.25, 0.3) is 16.8 Å². The summed E-state index contributed by atoms with van der Waals surface area (Å²) in [6.45, 7) is 5.05. The number of carbonyl (C=O) groups is 1. The fourth-order valence-electron chi connectivity index (χ4n) is 4.33. The molecule has 1 saturated heterocycles. The number of hydrogen-bond acceptors (Lipinski definition) is 4. The Morgan fingerprint density at radius 1 is 1.09 bits per heavy atom. The largest absolute Gasteiger partial charge is 0.381 e. The number of aryl methyl sites for hydroxylation is 1. The Labute approximate surface area is 189 Å². The van der Waals surface area contributed by atoms with Crippen LogP contribution in [-0.4, -0.2) is 42.5 Å². The summed E-state index contributed by atoms with van der Waals surface area (Å²) in [5, 5.41) is 15.7. The first-order valence-corrected chi connectivity index (χ1v) is 11.0. The standard InChI is InChI=1S/C26H30N4O2/c1-17-7-6-8-20(15-17)30-16-23(22-10-5-4-9-21(22)18(2)31)24(26(30)28-3)25(27)29-19-11-13-32-14-12-19/h4-10,15-16,19,28H,11-14H2,1-3H3,(H2,27,29). The molecule has 1 aliphatic heterocycles. The first-order chi connectivity index (χ1) is 15.5. The van der Waals surface area contributed by atoms with E-state index in [1.54, 1.807) is 6.92 Å². The van der Waals surface area contributed by atoms with Gasteiger partial charge in [0.05, 0.1) is 5.56 Å². The number of rotatable bonds is 6. The zero-order chi connectivity index (χ0) is 22.7. The van der Waals surface area contributed by atoms with Gasteiger partial charge in [-0.15, -0.1) is 0 Å². The molecule has 4 rings (SSSR count). The molecule has 32 heavy (non-hydrogen) atoms. The third-order valence-corrected chi connectivity index (χ3v) is 5.94. The summed E-state index contributed by atoms with van der Waals surface area (Å²) < 4.78 is 7.54. The Morgan fingerprint density at radius 2 is 1.84 bits per heavy atom. The zero-order valence-corrected chi connectivity index (χ0v) is 18.9. The van der Waals surface area contributed by atoms with Crippen LogP contribution in [0.4, 0.5) is 5.82 Å². The van der Waals surface area contributed by atoms with E-state index in [2.05, 4.69) is 34.3 Å². The summed E-state index contributed by atoms with van der Waals surface area (Å²) >= 11 is 0. The second-order valence-corrected chi connectivity index (χ2v) is 8.23. The number of carbonyl (C=O) groups excluding carboxylic acids is 1. The highest BCUT2D eigenvalue weighted by molar-refractivity contribution is 6.10. The van der Waals surface area contributed by atoms with Gasteiger partial charge in [0.1, 0.15) is 11.7 Å². The van der Waals surface area contributed by atoms with Crippen LogP contribution in [0.3, 0.4) is 0 Å². The number of amidine groups is 1. The molecule has 3 aromatic rings. The Kier molecular flexibility index (Phi) is 6.42. The maximum Gasteiger partial charge on any atom is 0.160 e. The molecule has 6 heteroatoms. The van der Waals surface area contributed by atoms with E-state index in [0.29, 0.717) is 24.6 Å². The van der Waals surface area contributed by atoms with Crippen molar-refractivity contribution in [1.29, 1.82) is 5.41 Å². The third-order valence-electron chi connectivity index (χ3n) is 5.94. The van der Waals surface area contributed by atoms with E-state index in [0.717, 1.165) is 46.6 Å². The predicted molar refractivity (Wildman–Crippen MR) is 129 cm³/mol. The van der Waals surface area contributed by atoms with Gasteiger partial charge in [-0.1, -0.05) is 36.4 Å². The van der Waals surface area contributed by atoms with Crippen molar-refractivity contribution in [3.05, 3.63) is 71.4 Å². The monoisotopic (exact) mass is 430 g/mol. The van der Waals surface area contributed by atoms with Gasteiger partial charge in [0.2, 0.25) is 0 Å². The fraction of sp³-hybridized carbons (Fsp3) is 0.308. The molecule has 1 fully saturated rings. The molecule has 0 spiro atoms. The minimum atomic E-state index is 0.00443. The van der Waals surface area contributed by atoms with Crippen molar-refractivity contribution in [2.45, 2.75) is 32.7 Å².